The lowest BCUT2D eigenvalue weighted by molar-refractivity contribution is -0.140. The van der Waals surface area contributed by atoms with Gasteiger partial charge in [0.15, 0.2) is 10.5 Å². The number of thiazole rings is 1. The molecular formula is C30H20Cl2F4N2O4S. The Hall–Kier alpha value is -3.93. The van der Waals surface area contributed by atoms with E-state index in [1.54, 1.807) is 24.3 Å². The van der Waals surface area contributed by atoms with Crippen LogP contribution in [0.25, 0.3) is 6.08 Å². The van der Waals surface area contributed by atoms with Crippen molar-refractivity contribution in [1.29, 1.82) is 0 Å². The van der Waals surface area contributed by atoms with E-state index < -0.39 is 40.8 Å². The molecule has 1 aliphatic rings. The summed E-state index contributed by atoms with van der Waals surface area (Å²) in [5, 5.41) is 0.595. The maximum Gasteiger partial charge on any atom is 0.434 e. The standard InChI is InChI=1S/C30H20Cl2F4N2O4S/c1-2-41-28(40)24-25(16-7-9-19(31)10-8-16)38-27(39)23(43-29(38)37-26(24)30(34,35)36)14-18-13-20(32)11-12-22(18)42-15-17-5-3-4-6-21(17)33/h3-14,25H,2,15H2,1H3/b23-14-/t25-/m1/s1. The average molecular weight is 651 g/mol. The summed E-state index contributed by atoms with van der Waals surface area (Å²) in [7, 11) is 0. The number of halogens is 6. The summed E-state index contributed by atoms with van der Waals surface area (Å²) in [6, 6.07) is 14.8. The summed E-state index contributed by atoms with van der Waals surface area (Å²) >= 11 is 12.9. The Balaban J connectivity index is 1.69. The van der Waals surface area contributed by atoms with Gasteiger partial charge in [0, 0.05) is 21.2 Å². The number of ether oxygens (including phenoxy) is 2. The zero-order valence-corrected chi connectivity index (χ0v) is 24.5. The fourth-order valence-corrected chi connectivity index (χ4v) is 5.77. The van der Waals surface area contributed by atoms with Crippen LogP contribution in [-0.4, -0.2) is 23.3 Å². The summed E-state index contributed by atoms with van der Waals surface area (Å²) in [6.45, 7) is 1.12. The lowest BCUT2D eigenvalue weighted by Gasteiger charge is -2.26. The lowest BCUT2D eigenvalue weighted by atomic mass is 9.95. The Labute approximate surface area is 255 Å². The number of esters is 1. The second-order valence-corrected chi connectivity index (χ2v) is 11.1. The highest BCUT2D eigenvalue weighted by Crippen LogP contribution is 2.38. The molecule has 5 rings (SSSR count). The van der Waals surface area contributed by atoms with Crippen LogP contribution >= 0.6 is 34.5 Å². The van der Waals surface area contributed by atoms with E-state index in [-0.39, 0.29) is 39.4 Å². The largest absolute Gasteiger partial charge is 0.488 e. The van der Waals surface area contributed by atoms with E-state index in [4.69, 9.17) is 32.7 Å². The molecule has 13 heteroatoms. The molecule has 0 spiro atoms. The number of aromatic nitrogens is 1. The van der Waals surface area contributed by atoms with Gasteiger partial charge in [0.05, 0.1) is 22.8 Å². The molecule has 0 N–H and O–H groups in total. The molecule has 0 amide bonds. The van der Waals surface area contributed by atoms with Crippen molar-refractivity contribution < 1.29 is 31.8 Å². The van der Waals surface area contributed by atoms with Gasteiger partial charge in [-0.25, -0.2) is 14.2 Å². The highest BCUT2D eigenvalue weighted by Gasteiger charge is 2.45. The SMILES string of the molecule is CCOC(=O)C1=C(C(F)(F)F)N=c2s/c(=C\c3cc(Cl)ccc3OCc3ccccc3F)c(=O)n2[C@@H]1c1ccc(Cl)cc1. The van der Waals surface area contributed by atoms with Crippen molar-refractivity contribution in [3.8, 4) is 5.75 Å². The average Bonchev–Trinajstić information content (AvgIpc) is 3.27. The van der Waals surface area contributed by atoms with E-state index in [0.29, 0.717) is 26.9 Å². The molecule has 43 heavy (non-hydrogen) atoms. The molecule has 0 radical (unpaired) electrons. The minimum atomic E-state index is -5.04. The third-order valence-corrected chi connectivity index (χ3v) is 7.85. The number of carbonyl (C=O) groups is 1. The Bertz CT molecular complexity index is 1920. The third-order valence-electron chi connectivity index (χ3n) is 6.38. The summed E-state index contributed by atoms with van der Waals surface area (Å²) in [5.74, 6) is -1.48. The van der Waals surface area contributed by atoms with Crippen molar-refractivity contribution in [3.05, 3.63) is 130 Å². The number of nitrogens with zero attached hydrogens (tertiary/aromatic N) is 2. The van der Waals surface area contributed by atoms with Crippen molar-refractivity contribution >= 4 is 46.6 Å². The number of carbonyl (C=O) groups excluding carboxylic acids is 1. The van der Waals surface area contributed by atoms with Crippen molar-refractivity contribution in [2.24, 2.45) is 4.99 Å². The summed E-state index contributed by atoms with van der Waals surface area (Å²) in [5.41, 5.74) is -2.21. The van der Waals surface area contributed by atoms with Gasteiger partial charge >= 0.3 is 12.1 Å². The maximum atomic E-state index is 14.3. The molecular weight excluding hydrogens is 631 g/mol. The van der Waals surface area contributed by atoms with E-state index in [9.17, 15) is 27.2 Å². The molecule has 0 saturated heterocycles. The second-order valence-electron chi connectivity index (χ2n) is 9.18. The highest BCUT2D eigenvalue weighted by atomic mass is 35.5. The van der Waals surface area contributed by atoms with E-state index in [1.165, 1.54) is 55.5 Å². The van der Waals surface area contributed by atoms with Gasteiger partial charge in [-0.05, 0) is 55.0 Å². The zero-order valence-electron chi connectivity index (χ0n) is 22.1. The van der Waals surface area contributed by atoms with E-state index >= 15 is 0 Å². The fraction of sp³-hybridized carbons (Fsp3) is 0.167. The van der Waals surface area contributed by atoms with Crippen molar-refractivity contribution in [3.63, 3.8) is 0 Å². The van der Waals surface area contributed by atoms with Crippen LogP contribution < -0.4 is 19.6 Å². The molecule has 0 saturated carbocycles. The van der Waals surface area contributed by atoms with Crippen molar-refractivity contribution in [2.75, 3.05) is 6.61 Å². The van der Waals surface area contributed by atoms with Crippen molar-refractivity contribution in [1.82, 2.24) is 4.57 Å². The van der Waals surface area contributed by atoms with E-state index in [0.717, 1.165) is 4.57 Å². The molecule has 222 valence electrons. The summed E-state index contributed by atoms with van der Waals surface area (Å²) in [6.07, 6.45) is -3.64. The second kappa shape index (κ2) is 12.4. The van der Waals surface area contributed by atoms with Gasteiger partial charge in [0.1, 0.15) is 18.2 Å². The minimum Gasteiger partial charge on any atom is -0.488 e. The van der Waals surface area contributed by atoms with Gasteiger partial charge in [-0.3, -0.25) is 9.36 Å². The smallest absolute Gasteiger partial charge is 0.434 e. The quantitative estimate of drug-likeness (QED) is 0.172. The Morgan fingerprint density at radius 3 is 2.44 bits per heavy atom. The van der Waals surface area contributed by atoms with Gasteiger partial charge < -0.3 is 9.47 Å². The summed E-state index contributed by atoms with van der Waals surface area (Å²) in [4.78, 5) is 30.3. The molecule has 4 aromatic rings. The molecule has 6 nitrogen and oxygen atoms in total. The summed E-state index contributed by atoms with van der Waals surface area (Å²) < 4.78 is 68.9. The zero-order chi connectivity index (χ0) is 30.9. The van der Waals surface area contributed by atoms with Gasteiger partial charge in [-0.1, -0.05) is 64.9 Å². The minimum absolute atomic E-state index is 0.0117. The number of fused-ring (bicyclic) bond motifs is 1. The van der Waals surface area contributed by atoms with Gasteiger partial charge in [0.2, 0.25) is 0 Å². The van der Waals surface area contributed by atoms with Crippen LogP contribution in [0, 0.1) is 5.82 Å². The predicted octanol–water partition coefficient (Wildman–Crippen LogP) is 6.37. The first-order valence-electron chi connectivity index (χ1n) is 12.7. The van der Waals surface area contributed by atoms with Crippen molar-refractivity contribution in [2.45, 2.75) is 25.7 Å². The molecule has 1 aromatic heterocycles. The Kier molecular flexibility index (Phi) is 8.77. The van der Waals surface area contributed by atoms with Crippen LogP contribution in [0.5, 0.6) is 5.75 Å². The molecule has 0 unspecified atom stereocenters. The van der Waals surface area contributed by atoms with Crippen LogP contribution in [0.3, 0.4) is 0 Å². The van der Waals surface area contributed by atoms with Gasteiger partial charge in [-0.2, -0.15) is 13.2 Å². The molecule has 2 heterocycles. The fourth-order valence-electron chi connectivity index (χ4n) is 4.48. The molecule has 1 atom stereocenters. The van der Waals surface area contributed by atoms with Crippen LogP contribution in [-0.2, 0) is 16.1 Å². The number of rotatable bonds is 7. The molecule has 0 fully saturated rings. The Morgan fingerprint density at radius 1 is 1.07 bits per heavy atom. The number of allylic oxidation sites excluding steroid dienone is 1. The van der Waals surface area contributed by atoms with Crippen LogP contribution in [0.4, 0.5) is 17.6 Å². The van der Waals surface area contributed by atoms with Gasteiger partial charge in [-0.15, -0.1) is 0 Å². The van der Waals surface area contributed by atoms with Crippen LogP contribution in [0.2, 0.25) is 10.0 Å². The van der Waals surface area contributed by atoms with Crippen LogP contribution in [0.15, 0.2) is 87.8 Å². The number of hydrogen-bond donors (Lipinski definition) is 0. The maximum absolute atomic E-state index is 14.3. The third kappa shape index (κ3) is 6.39. The number of benzene rings is 3. The van der Waals surface area contributed by atoms with Gasteiger partial charge in [0.25, 0.3) is 5.56 Å². The first-order valence-corrected chi connectivity index (χ1v) is 14.3. The first kappa shape index (κ1) is 30.5. The molecule has 0 aliphatic carbocycles. The van der Waals surface area contributed by atoms with Crippen LogP contribution in [0.1, 0.15) is 29.7 Å². The monoisotopic (exact) mass is 650 g/mol. The highest BCUT2D eigenvalue weighted by molar-refractivity contribution is 7.07. The Morgan fingerprint density at radius 2 is 1.77 bits per heavy atom. The molecule has 0 bridgehead atoms. The van der Waals surface area contributed by atoms with E-state index in [2.05, 4.69) is 4.99 Å². The first-order chi connectivity index (χ1) is 20.5. The molecule has 3 aromatic carbocycles. The number of hydrogen-bond acceptors (Lipinski definition) is 6. The molecule has 1 aliphatic heterocycles. The normalized spacial score (nSPS) is 15.2. The topological polar surface area (TPSA) is 69.9 Å². The van der Waals surface area contributed by atoms with E-state index in [1.807, 2.05) is 0 Å². The predicted molar refractivity (Wildman–Crippen MR) is 154 cm³/mol. The number of alkyl halides is 3. The lowest BCUT2D eigenvalue weighted by Crippen LogP contribution is -2.41.